The molecule has 2 aliphatic heterocycles. The molecule has 1 saturated heterocycles. The van der Waals surface area contributed by atoms with Gasteiger partial charge in [0.1, 0.15) is 19.4 Å². The minimum absolute atomic E-state index is 0.0317. The molecular weight excluding hydrogens is 454 g/mol. The first-order chi connectivity index (χ1) is 15.9. The van der Waals surface area contributed by atoms with Gasteiger partial charge in [-0.05, 0) is 18.6 Å². The van der Waals surface area contributed by atoms with E-state index < -0.39 is 28.1 Å². The zero-order valence-corrected chi connectivity index (χ0v) is 18.6. The second kappa shape index (κ2) is 10.2. The maximum absolute atomic E-state index is 13.1. The molecule has 0 saturated carbocycles. The van der Waals surface area contributed by atoms with E-state index in [1.807, 2.05) is 4.57 Å². The van der Waals surface area contributed by atoms with Crippen LogP contribution < -0.4 is 20.1 Å². The number of carbonyl (C=O) groups is 2. The Hall–Kier alpha value is -3.16. The van der Waals surface area contributed by atoms with E-state index in [0.717, 1.165) is 4.31 Å². The number of ether oxygens (including phenoxy) is 3. The van der Waals surface area contributed by atoms with Crippen molar-refractivity contribution in [2.45, 2.75) is 24.1 Å². The Balaban J connectivity index is 1.29. The predicted molar refractivity (Wildman–Crippen MR) is 114 cm³/mol. The van der Waals surface area contributed by atoms with Crippen LogP contribution in [0.4, 0.5) is 0 Å². The summed E-state index contributed by atoms with van der Waals surface area (Å²) in [5, 5.41) is 4.97. The van der Waals surface area contributed by atoms with Crippen LogP contribution in [0.15, 0.2) is 41.8 Å². The van der Waals surface area contributed by atoms with Gasteiger partial charge >= 0.3 is 11.8 Å². The first-order valence-electron chi connectivity index (χ1n) is 10.5. The van der Waals surface area contributed by atoms with E-state index in [4.69, 9.17) is 14.2 Å². The molecule has 33 heavy (non-hydrogen) atoms. The Morgan fingerprint density at radius 1 is 1.09 bits per heavy atom. The molecule has 0 aliphatic carbocycles. The SMILES string of the molecule is O=C(NCCCn1ccnc1)C(=O)NC[C@H]1OCCN1S(=O)(=O)c1ccc2c(c1)OCCO2. The monoisotopic (exact) mass is 479 g/mol. The van der Waals surface area contributed by atoms with Crippen molar-refractivity contribution < 1.29 is 32.2 Å². The second-order valence-electron chi connectivity index (χ2n) is 7.37. The molecule has 178 valence electrons. The van der Waals surface area contributed by atoms with Crippen LogP contribution in [-0.4, -0.2) is 79.8 Å². The average Bonchev–Trinajstić information content (AvgIpc) is 3.52. The molecule has 4 rings (SSSR count). The number of carbonyl (C=O) groups excluding carboxylic acids is 2. The van der Waals surface area contributed by atoms with Crippen LogP contribution >= 0.6 is 0 Å². The van der Waals surface area contributed by atoms with Crippen molar-refractivity contribution in [3.05, 3.63) is 36.9 Å². The fraction of sp³-hybridized carbons (Fsp3) is 0.450. The summed E-state index contributed by atoms with van der Waals surface area (Å²) in [6.45, 7) is 1.84. The van der Waals surface area contributed by atoms with E-state index in [-0.39, 0.29) is 24.6 Å². The molecule has 2 N–H and O–H groups in total. The quantitative estimate of drug-likeness (QED) is 0.375. The van der Waals surface area contributed by atoms with Gasteiger partial charge in [0.2, 0.25) is 10.0 Å². The summed E-state index contributed by atoms with van der Waals surface area (Å²) in [5.41, 5.74) is 0. The first-order valence-corrected chi connectivity index (χ1v) is 11.9. The minimum Gasteiger partial charge on any atom is -0.486 e. The number of aromatic nitrogens is 2. The van der Waals surface area contributed by atoms with Gasteiger partial charge in [0.05, 0.1) is 24.4 Å². The smallest absolute Gasteiger partial charge is 0.309 e. The molecule has 13 heteroatoms. The Labute approximate surface area is 190 Å². The number of sulfonamides is 1. The molecule has 12 nitrogen and oxygen atoms in total. The van der Waals surface area contributed by atoms with Crippen molar-refractivity contribution >= 4 is 21.8 Å². The number of rotatable bonds is 8. The van der Waals surface area contributed by atoms with Gasteiger partial charge in [-0.1, -0.05) is 0 Å². The fourth-order valence-corrected chi connectivity index (χ4v) is 5.01. The molecule has 0 unspecified atom stereocenters. The molecule has 1 atom stereocenters. The van der Waals surface area contributed by atoms with Crippen molar-refractivity contribution in [2.75, 3.05) is 39.5 Å². The maximum Gasteiger partial charge on any atom is 0.309 e. The Morgan fingerprint density at radius 2 is 1.88 bits per heavy atom. The molecule has 2 aliphatic rings. The van der Waals surface area contributed by atoms with E-state index in [1.54, 1.807) is 24.8 Å². The number of benzene rings is 1. The molecule has 1 fully saturated rings. The highest BCUT2D eigenvalue weighted by Crippen LogP contribution is 2.34. The summed E-state index contributed by atoms with van der Waals surface area (Å²) in [7, 11) is -3.92. The third-order valence-corrected chi connectivity index (χ3v) is 7.03. The molecule has 0 spiro atoms. The third kappa shape index (κ3) is 5.43. The normalized spacial score (nSPS) is 18.1. The van der Waals surface area contributed by atoms with Crippen molar-refractivity contribution in [1.29, 1.82) is 0 Å². The summed E-state index contributed by atoms with van der Waals surface area (Å²) in [6, 6.07) is 4.40. The largest absolute Gasteiger partial charge is 0.486 e. The van der Waals surface area contributed by atoms with Gasteiger partial charge in [-0.3, -0.25) is 9.59 Å². The van der Waals surface area contributed by atoms with Gasteiger partial charge < -0.3 is 29.4 Å². The van der Waals surface area contributed by atoms with Crippen LogP contribution in [0.5, 0.6) is 11.5 Å². The lowest BCUT2D eigenvalue weighted by Gasteiger charge is -2.24. The first kappa shape index (κ1) is 23.0. The number of imidazole rings is 1. The van der Waals surface area contributed by atoms with Gasteiger partial charge in [-0.2, -0.15) is 4.31 Å². The van der Waals surface area contributed by atoms with Crippen molar-refractivity contribution in [3.63, 3.8) is 0 Å². The van der Waals surface area contributed by atoms with Gasteiger partial charge in [0, 0.05) is 38.1 Å². The summed E-state index contributed by atoms with van der Waals surface area (Å²) in [6.07, 6.45) is 4.83. The van der Waals surface area contributed by atoms with Crippen LogP contribution in [0, 0.1) is 0 Å². The molecule has 3 heterocycles. The minimum atomic E-state index is -3.92. The van der Waals surface area contributed by atoms with E-state index in [2.05, 4.69) is 15.6 Å². The zero-order valence-electron chi connectivity index (χ0n) is 17.8. The summed E-state index contributed by atoms with van der Waals surface area (Å²) >= 11 is 0. The predicted octanol–water partition coefficient (Wildman–Crippen LogP) is -0.676. The molecule has 2 amide bonds. The number of amides is 2. The standard InChI is InChI=1S/C20H25N5O7S/c26-19(22-4-1-6-24-7-5-21-14-24)20(27)23-13-18-25(8-9-32-18)33(28,29)15-2-3-16-17(12-15)31-11-10-30-16/h2-3,5,7,12,14,18H,1,4,6,8-11,13H2,(H,22,26)(H,23,27)/t18-/m1/s1. The highest BCUT2D eigenvalue weighted by molar-refractivity contribution is 7.89. The van der Waals surface area contributed by atoms with Gasteiger partial charge in [0.15, 0.2) is 11.5 Å². The number of aryl methyl sites for hydroxylation is 1. The molecular formula is C20H25N5O7S. The highest BCUT2D eigenvalue weighted by Gasteiger charge is 2.37. The highest BCUT2D eigenvalue weighted by atomic mass is 32.2. The van der Waals surface area contributed by atoms with E-state index >= 15 is 0 Å². The van der Waals surface area contributed by atoms with Crippen molar-refractivity contribution in [3.8, 4) is 11.5 Å². The lowest BCUT2D eigenvalue weighted by molar-refractivity contribution is -0.139. The van der Waals surface area contributed by atoms with Crippen molar-refractivity contribution in [1.82, 2.24) is 24.5 Å². The van der Waals surface area contributed by atoms with Gasteiger partial charge in [-0.25, -0.2) is 13.4 Å². The number of nitrogens with zero attached hydrogens (tertiary/aromatic N) is 3. The average molecular weight is 480 g/mol. The maximum atomic E-state index is 13.1. The zero-order chi connectivity index (χ0) is 23.3. The Kier molecular flexibility index (Phi) is 7.11. The van der Waals surface area contributed by atoms with E-state index in [9.17, 15) is 18.0 Å². The van der Waals surface area contributed by atoms with Crippen LogP contribution in [0.3, 0.4) is 0 Å². The van der Waals surface area contributed by atoms with Crippen LogP contribution in [0.25, 0.3) is 0 Å². The lowest BCUT2D eigenvalue weighted by Crippen LogP contribution is -2.47. The summed E-state index contributed by atoms with van der Waals surface area (Å²) in [4.78, 5) is 28.1. The molecule has 0 radical (unpaired) electrons. The number of fused-ring (bicyclic) bond motifs is 1. The summed E-state index contributed by atoms with van der Waals surface area (Å²) < 4.78 is 45.7. The van der Waals surface area contributed by atoms with Crippen molar-refractivity contribution in [2.24, 2.45) is 0 Å². The Bertz CT molecular complexity index is 1090. The van der Waals surface area contributed by atoms with Crippen LogP contribution in [0.2, 0.25) is 0 Å². The summed E-state index contributed by atoms with van der Waals surface area (Å²) in [5.74, 6) is -0.806. The fourth-order valence-electron chi connectivity index (χ4n) is 3.48. The van der Waals surface area contributed by atoms with E-state index in [1.165, 1.54) is 12.1 Å². The van der Waals surface area contributed by atoms with E-state index in [0.29, 0.717) is 44.2 Å². The number of hydrogen-bond donors (Lipinski definition) is 2. The van der Waals surface area contributed by atoms with Crippen LogP contribution in [0.1, 0.15) is 6.42 Å². The van der Waals surface area contributed by atoms with Gasteiger partial charge in [0.25, 0.3) is 0 Å². The Morgan fingerprint density at radius 3 is 2.67 bits per heavy atom. The number of nitrogens with one attached hydrogen (secondary N) is 2. The molecule has 1 aromatic carbocycles. The molecule has 2 aromatic rings. The molecule has 1 aromatic heterocycles. The van der Waals surface area contributed by atoms with Crippen LogP contribution in [-0.2, 0) is 30.9 Å². The second-order valence-corrected chi connectivity index (χ2v) is 9.26. The molecule has 0 bridgehead atoms. The van der Waals surface area contributed by atoms with Gasteiger partial charge in [-0.15, -0.1) is 0 Å². The lowest BCUT2D eigenvalue weighted by atomic mass is 10.3. The third-order valence-electron chi connectivity index (χ3n) is 5.14. The number of hydrogen-bond acceptors (Lipinski definition) is 8. The topological polar surface area (TPSA) is 141 Å².